The normalized spacial score (nSPS) is 8.29. The summed E-state index contributed by atoms with van der Waals surface area (Å²) in [5, 5.41) is 0. The molecule has 0 aromatic carbocycles. The fourth-order valence-corrected chi connectivity index (χ4v) is 1.13. The van der Waals surface area contributed by atoms with E-state index in [1.54, 1.807) is 6.26 Å². The van der Waals surface area contributed by atoms with Gasteiger partial charge in [-0.3, -0.25) is 0 Å². The number of rotatable bonds is 4. The quantitative estimate of drug-likeness (QED) is 0.477. The summed E-state index contributed by atoms with van der Waals surface area (Å²) in [6.07, 6.45) is 7.21. The highest BCUT2D eigenvalue weighted by Crippen LogP contribution is 2.10. The maximum absolute atomic E-state index is 3.56. The molecule has 1 heteroatoms. The topological polar surface area (TPSA) is 0 Å². The van der Waals surface area contributed by atoms with Crippen molar-refractivity contribution in [1.82, 2.24) is 0 Å². The molecule has 0 amide bonds. The SMILES string of the molecule is C=C(C)C.CCCC(C)CCC.CS. The van der Waals surface area contributed by atoms with E-state index in [-0.39, 0.29) is 0 Å². The van der Waals surface area contributed by atoms with E-state index >= 15 is 0 Å². The molecular formula is C13H30S. The molecule has 0 unspecified atom stereocenters. The van der Waals surface area contributed by atoms with E-state index < -0.39 is 0 Å². The molecule has 0 rings (SSSR count). The first-order chi connectivity index (χ1) is 6.54. The molecule has 14 heavy (non-hydrogen) atoms. The van der Waals surface area contributed by atoms with Gasteiger partial charge in [0.05, 0.1) is 0 Å². The predicted molar refractivity (Wildman–Crippen MR) is 74.4 cm³/mol. The summed E-state index contributed by atoms with van der Waals surface area (Å²) in [7, 11) is 0. The van der Waals surface area contributed by atoms with Gasteiger partial charge in [-0.15, -0.1) is 6.58 Å². The molecule has 0 fully saturated rings. The van der Waals surface area contributed by atoms with Crippen molar-refractivity contribution in [1.29, 1.82) is 0 Å². The second-order valence-corrected chi connectivity index (χ2v) is 3.89. The molecule has 0 saturated heterocycles. The average molecular weight is 218 g/mol. The van der Waals surface area contributed by atoms with Crippen LogP contribution < -0.4 is 0 Å². The lowest BCUT2D eigenvalue weighted by molar-refractivity contribution is 0.480. The number of hydrogen-bond acceptors (Lipinski definition) is 1. The summed E-state index contributed by atoms with van der Waals surface area (Å²) in [6, 6.07) is 0. The molecule has 0 heterocycles. The summed E-state index contributed by atoms with van der Waals surface area (Å²) in [5.74, 6) is 0.963. The van der Waals surface area contributed by atoms with Crippen LogP contribution in [0.3, 0.4) is 0 Å². The molecule has 0 radical (unpaired) electrons. The third-order valence-corrected chi connectivity index (χ3v) is 1.56. The van der Waals surface area contributed by atoms with Crippen LogP contribution in [0, 0.1) is 5.92 Å². The second kappa shape index (κ2) is 18.8. The summed E-state index contributed by atoms with van der Waals surface area (Å²) in [4.78, 5) is 0. The summed E-state index contributed by atoms with van der Waals surface area (Å²) in [5.41, 5.74) is 1.17. The Morgan fingerprint density at radius 2 is 1.29 bits per heavy atom. The predicted octanol–water partition coefficient (Wildman–Crippen LogP) is 5.35. The highest BCUT2D eigenvalue weighted by atomic mass is 32.1. The molecule has 88 valence electrons. The number of allylic oxidation sites excluding steroid dienone is 1. The third-order valence-electron chi connectivity index (χ3n) is 1.56. The van der Waals surface area contributed by atoms with Crippen molar-refractivity contribution in [3.05, 3.63) is 12.2 Å². The van der Waals surface area contributed by atoms with Crippen molar-refractivity contribution in [3.63, 3.8) is 0 Å². The Morgan fingerprint density at radius 1 is 1.07 bits per heavy atom. The van der Waals surface area contributed by atoms with E-state index in [4.69, 9.17) is 0 Å². The zero-order valence-corrected chi connectivity index (χ0v) is 12.0. The third kappa shape index (κ3) is 40.1. The van der Waals surface area contributed by atoms with Crippen LogP contribution >= 0.6 is 12.6 Å². The molecule has 0 aliphatic heterocycles. The lowest BCUT2D eigenvalue weighted by Gasteiger charge is -2.05. The van der Waals surface area contributed by atoms with E-state index in [9.17, 15) is 0 Å². The molecule has 0 bridgehead atoms. The maximum atomic E-state index is 3.56. The second-order valence-electron chi connectivity index (χ2n) is 3.89. The largest absolute Gasteiger partial charge is 0.183 e. The van der Waals surface area contributed by atoms with E-state index in [1.165, 1.54) is 31.3 Å². The van der Waals surface area contributed by atoms with Gasteiger partial charge in [0.1, 0.15) is 0 Å². The fraction of sp³-hybridized carbons (Fsp3) is 0.846. The zero-order chi connectivity index (χ0) is 12.0. The van der Waals surface area contributed by atoms with Crippen LogP contribution in [-0.2, 0) is 0 Å². The Hall–Kier alpha value is 0.0900. The van der Waals surface area contributed by atoms with Gasteiger partial charge >= 0.3 is 0 Å². The van der Waals surface area contributed by atoms with Crippen molar-refractivity contribution in [2.45, 2.75) is 60.3 Å². The van der Waals surface area contributed by atoms with Crippen LogP contribution in [0.15, 0.2) is 12.2 Å². The summed E-state index contributed by atoms with van der Waals surface area (Å²) >= 11 is 3.53. The number of thiol groups is 1. The van der Waals surface area contributed by atoms with E-state index in [2.05, 4.69) is 40.0 Å². The molecule has 0 saturated carbocycles. The van der Waals surface area contributed by atoms with Crippen molar-refractivity contribution in [2.75, 3.05) is 6.26 Å². The van der Waals surface area contributed by atoms with Crippen LogP contribution in [0.1, 0.15) is 60.3 Å². The molecule has 0 aliphatic carbocycles. The van der Waals surface area contributed by atoms with Gasteiger partial charge < -0.3 is 0 Å². The Kier molecular flexibility index (Phi) is 26.4. The van der Waals surface area contributed by atoms with Gasteiger partial charge in [0.25, 0.3) is 0 Å². The molecule has 0 atom stereocenters. The standard InChI is InChI=1S/C8H18.C4H8.CH4S/c1-4-6-8(3)7-5-2;1-4(2)3;1-2/h8H,4-7H2,1-3H3;1H2,2-3H3;2H,1H3. The van der Waals surface area contributed by atoms with Crippen molar-refractivity contribution < 1.29 is 0 Å². The van der Waals surface area contributed by atoms with Gasteiger partial charge in [0, 0.05) is 0 Å². The molecule has 0 N–H and O–H groups in total. The zero-order valence-electron chi connectivity index (χ0n) is 11.1. The summed E-state index contributed by atoms with van der Waals surface area (Å²) in [6.45, 7) is 14.4. The molecule has 0 aromatic rings. The highest BCUT2D eigenvalue weighted by Gasteiger charge is 1.95. The van der Waals surface area contributed by atoms with E-state index in [1.807, 2.05) is 13.8 Å². The van der Waals surface area contributed by atoms with Crippen LogP contribution in [0.25, 0.3) is 0 Å². The van der Waals surface area contributed by atoms with E-state index in [0.29, 0.717) is 0 Å². The van der Waals surface area contributed by atoms with Gasteiger partial charge in [-0.25, -0.2) is 0 Å². The Bertz CT molecular complexity index is 87.4. The molecule has 0 nitrogen and oxygen atoms in total. The number of hydrogen-bond donors (Lipinski definition) is 1. The van der Waals surface area contributed by atoms with Crippen molar-refractivity contribution in [2.24, 2.45) is 5.92 Å². The van der Waals surface area contributed by atoms with Crippen LogP contribution in [0.4, 0.5) is 0 Å². The smallest absolute Gasteiger partial charge is 0.0215 e. The van der Waals surface area contributed by atoms with Gasteiger partial charge in [-0.1, -0.05) is 52.0 Å². The molecule has 0 aromatic heterocycles. The Labute approximate surface area is 97.6 Å². The van der Waals surface area contributed by atoms with Gasteiger partial charge in [-0.2, -0.15) is 12.6 Å². The summed E-state index contributed by atoms with van der Waals surface area (Å²) < 4.78 is 0. The van der Waals surface area contributed by atoms with E-state index in [0.717, 1.165) is 5.92 Å². The molecular weight excluding hydrogens is 188 g/mol. The monoisotopic (exact) mass is 218 g/mol. The van der Waals surface area contributed by atoms with Gasteiger partial charge in [0.15, 0.2) is 0 Å². The molecule has 0 spiro atoms. The minimum Gasteiger partial charge on any atom is -0.183 e. The first-order valence-electron chi connectivity index (χ1n) is 5.61. The van der Waals surface area contributed by atoms with Crippen LogP contribution in [0.2, 0.25) is 0 Å². The van der Waals surface area contributed by atoms with Gasteiger partial charge in [-0.05, 0) is 26.0 Å². The van der Waals surface area contributed by atoms with Crippen molar-refractivity contribution >= 4 is 12.6 Å². The minimum absolute atomic E-state index is 0.963. The molecule has 0 aliphatic rings. The lowest BCUT2D eigenvalue weighted by Crippen LogP contribution is -1.91. The first kappa shape index (κ1) is 19.6. The average Bonchev–Trinajstić information content (AvgIpc) is 2.08. The van der Waals surface area contributed by atoms with Crippen molar-refractivity contribution in [3.8, 4) is 0 Å². The maximum Gasteiger partial charge on any atom is -0.0215 e. The minimum atomic E-state index is 0.963. The van der Waals surface area contributed by atoms with Crippen LogP contribution in [0.5, 0.6) is 0 Å². The van der Waals surface area contributed by atoms with Gasteiger partial charge in [0.2, 0.25) is 0 Å². The Balaban J connectivity index is -0.000000170. The fourth-order valence-electron chi connectivity index (χ4n) is 1.13. The lowest BCUT2D eigenvalue weighted by atomic mass is 10.0. The van der Waals surface area contributed by atoms with Crippen LogP contribution in [-0.4, -0.2) is 6.26 Å². The first-order valence-corrected chi connectivity index (χ1v) is 6.50. The highest BCUT2D eigenvalue weighted by molar-refractivity contribution is 7.79. The Morgan fingerprint density at radius 3 is 1.43 bits per heavy atom.